The van der Waals surface area contributed by atoms with Crippen LogP contribution in [0.5, 0.6) is 5.75 Å². The monoisotopic (exact) mass is 308 g/mol. The Kier molecular flexibility index (Phi) is 3.95. The maximum atomic E-state index is 11.6. The number of hydrogen-bond donors (Lipinski definition) is 0. The summed E-state index contributed by atoms with van der Waals surface area (Å²) in [5.41, 5.74) is 5.62. The molecule has 0 N–H and O–H groups in total. The summed E-state index contributed by atoms with van der Waals surface area (Å²) in [7, 11) is 0. The van der Waals surface area contributed by atoms with E-state index in [1.54, 1.807) is 0 Å². The van der Waals surface area contributed by atoms with E-state index < -0.39 is 0 Å². The normalized spacial score (nSPS) is 11.0. The summed E-state index contributed by atoms with van der Waals surface area (Å²) >= 11 is 0. The molecule has 3 aromatic rings. The molecule has 0 atom stereocenters. The van der Waals surface area contributed by atoms with Crippen molar-refractivity contribution < 1.29 is 9.15 Å². The summed E-state index contributed by atoms with van der Waals surface area (Å²) in [6, 6.07) is 11.8. The van der Waals surface area contributed by atoms with Gasteiger partial charge in [-0.2, -0.15) is 0 Å². The van der Waals surface area contributed by atoms with Crippen molar-refractivity contribution in [2.45, 2.75) is 34.3 Å². The van der Waals surface area contributed by atoms with Gasteiger partial charge in [-0.1, -0.05) is 29.3 Å². The lowest BCUT2D eigenvalue weighted by atomic mass is 10.1. The average Bonchev–Trinajstić information content (AvgIpc) is 2.46. The summed E-state index contributed by atoms with van der Waals surface area (Å²) in [4.78, 5) is 11.6. The first-order valence-corrected chi connectivity index (χ1v) is 7.68. The smallest absolute Gasteiger partial charge is 0.336 e. The molecule has 0 spiro atoms. The van der Waals surface area contributed by atoms with Gasteiger partial charge in [-0.25, -0.2) is 4.79 Å². The van der Waals surface area contributed by atoms with E-state index in [-0.39, 0.29) is 5.63 Å². The molecular formula is C20H20O3. The summed E-state index contributed by atoms with van der Waals surface area (Å²) in [5, 5.41) is 0.945. The fraction of sp³-hybridized carbons (Fsp3) is 0.250. The standard InChI is InChI=1S/C20H20O3/c1-12-7-13(2)9-16(8-12)11-22-18-6-5-17-14(3)10-19(21)23-20(17)15(18)4/h5-10H,11H2,1-4H3. The highest BCUT2D eigenvalue weighted by Crippen LogP contribution is 2.28. The first-order chi connectivity index (χ1) is 10.9. The van der Waals surface area contributed by atoms with Gasteiger partial charge in [0, 0.05) is 17.0 Å². The van der Waals surface area contributed by atoms with Crippen LogP contribution in [0, 0.1) is 27.7 Å². The van der Waals surface area contributed by atoms with Gasteiger partial charge in [-0.15, -0.1) is 0 Å². The lowest BCUT2D eigenvalue weighted by Crippen LogP contribution is -2.02. The van der Waals surface area contributed by atoms with Crippen molar-refractivity contribution in [1.29, 1.82) is 0 Å². The molecule has 0 aliphatic heterocycles. The van der Waals surface area contributed by atoms with E-state index in [1.807, 2.05) is 26.0 Å². The summed E-state index contributed by atoms with van der Waals surface area (Å²) in [5.74, 6) is 0.741. The largest absolute Gasteiger partial charge is 0.488 e. The van der Waals surface area contributed by atoms with Gasteiger partial charge in [-0.3, -0.25) is 0 Å². The Morgan fingerprint density at radius 3 is 2.35 bits per heavy atom. The molecule has 3 nitrogen and oxygen atoms in total. The van der Waals surface area contributed by atoms with Gasteiger partial charge in [-0.05, 0) is 51.0 Å². The molecule has 0 saturated carbocycles. The topological polar surface area (TPSA) is 39.4 Å². The second-order valence-corrected chi connectivity index (χ2v) is 6.10. The Hall–Kier alpha value is -2.55. The quantitative estimate of drug-likeness (QED) is 0.663. The molecule has 1 aromatic heterocycles. The van der Waals surface area contributed by atoms with Crippen molar-refractivity contribution in [2.75, 3.05) is 0 Å². The number of rotatable bonds is 3. The van der Waals surface area contributed by atoms with Crippen molar-refractivity contribution in [3.05, 3.63) is 74.6 Å². The third-order valence-electron chi connectivity index (χ3n) is 3.99. The third kappa shape index (κ3) is 3.14. The zero-order valence-corrected chi connectivity index (χ0v) is 13.9. The lowest BCUT2D eigenvalue weighted by molar-refractivity contribution is 0.304. The van der Waals surface area contributed by atoms with Crippen molar-refractivity contribution in [3.8, 4) is 5.75 Å². The van der Waals surface area contributed by atoms with Crippen LogP contribution in [0.4, 0.5) is 0 Å². The van der Waals surface area contributed by atoms with Crippen molar-refractivity contribution in [2.24, 2.45) is 0 Å². The minimum absolute atomic E-state index is 0.329. The van der Waals surface area contributed by atoms with E-state index in [1.165, 1.54) is 17.2 Å². The Labute approximate surface area is 135 Å². The van der Waals surface area contributed by atoms with Crippen LogP contribution in [0.1, 0.15) is 27.8 Å². The third-order valence-corrected chi connectivity index (χ3v) is 3.99. The van der Waals surface area contributed by atoms with Gasteiger partial charge in [0.15, 0.2) is 0 Å². The first-order valence-electron chi connectivity index (χ1n) is 7.68. The zero-order chi connectivity index (χ0) is 16.6. The van der Waals surface area contributed by atoms with E-state index in [4.69, 9.17) is 9.15 Å². The first kappa shape index (κ1) is 15.3. The number of benzene rings is 2. The maximum absolute atomic E-state index is 11.6. The summed E-state index contributed by atoms with van der Waals surface area (Å²) < 4.78 is 11.3. The van der Waals surface area contributed by atoms with Crippen LogP contribution in [0.25, 0.3) is 11.0 Å². The highest BCUT2D eigenvalue weighted by atomic mass is 16.5. The van der Waals surface area contributed by atoms with Crippen LogP contribution in [0.15, 0.2) is 45.6 Å². The van der Waals surface area contributed by atoms with Crippen LogP contribution in [-0.4, -0.2) is 0 Å². The van der Waals surface area contributed by atoms with Crippen LogP contribution in [-0.2, 0) is 6.61 Å². The SMILES string of the molecule is Cc1cc(C)cc(COc2ccc3c(C)cc(=O)oc3c2C)c1. The molecule has 0 fully saturated rings. The molecule has 0 saturated heterocycles. The molecule has 1 heterocycles. The van der Waals surface area contributed by atoms with Crippen LogP contribution in [0.3, 0.4) is 0 Å². The summed E-state index contributed by atoms with van der Waals surface area (Å²) in [6.07, 6.45) is 0. The molecular weight excluding hydrogens is 288 g/mol. The van der Waals surface area contributed by atoms with Crippen molar-refractivity contribution in [3.63, 3.8) is 0 Å². The molecule has 2 aromatic carbocycles. The maximum Gasteiger partial charge on any atom is 0.336 e. The fourth-order valence-electron chi connectivity index (χ4n) is 2.97. The van der Waals surface area contributed by atoms with E-state index in [0.717, 1.165) is 27.8 Å². The van der Waals surface area contributed by atoms with Gasteiger partial charge in [0.1, 0.15) is 17.9 Å². The number of aryl methyl sites for hydroxylation is 4. The minimum Gasteiger partial charge on any atom is -0.488 e. The van der Waals surface area contributed by atoms with E-state index >= 15 is 0 Å². The minimum atomic E-state index is -0.329. The highest BCUT2D eigenvalue weighted by Gasteiger charge is 2.10. The Morgan fingerprint density at radius 2 is 1.65 bits per heavy atom. The Morgan fingerprint density at radius 1 is 0.957 bits per heavy atom. The van der Waals surface area contributed by atoms with Crippen LogP contribution < -0.4 is 10.4 Å². The molecule has 3 rings (SSSR count). The summed E-state index contributed by atoms with van der Waals surface area (Å²) in [6.45, 7) is 8.48. The van der Waals surface area contributed by atoms with E-state index in [0.29, 0.717) is 12.2 Å². The number of fused-ring (bicyclic) bond motifs is 1. The zero-order valence-electron chi connectivity index (χ0n) is 13.9. The van der Waals surface area contributed by atoms with Gasteiger partial charge < -0.3 is 9.15 Å². The molecule has 3 heteroatoms. The molecule has 23 heavy (non-hydrogen) atoms. The van der Waals surface area contributed by atoms with Crippen molar-refractivity contribution in [1.82, 2.24) is 0 Å². The van der Waals surface area contributed by atoms with Gasteiger partial charge in [0.05, 0.1) is 0 Å². The average molecular weight is 308 g/mol. The molecule has 0 aliphatic carbocycles. The van der Waals surface area contributed by atoms with E-state index in [9.17, 15) is 4.79 Å². The number of hydrogen-bond acceptors (Lipinski definition) is 3. The highest BCUT2D eigenvalue weighted by molar-refractivity contribution is 5.84. The van der Waals surface area contributed by atoms with Gasteiger partial charge in [0.2, 0.25) is 0 Å². The molecule has 0 unspecified atom stereocenters. The molecule has 118 valence electrons. The Balaban J connectivity index is 1.94. The Bertz CT molecular complexity index is 915. The second kappa shape index (κ2) is 5.92. The molecule has 0 radical (unpaired) electrons. The molecule has 0 amide bonds. The lowest BCUT2D eigenvalue weighted by Gasteiger charge is -2.12. The van der Waals surface area contributed by atoms with E-state index in [2.05, 4.69) is 32.0 Å². The second-order valence-electron chi connectivity index (χ2n) is 6.10. The fourth-order valence-corrected chi connectivity index (χ4v) is 2.97. The number of ether oxygens (including phenoxy) is 1. The van der Waals surface area contributed by atoms with Crippen molar-refractivity contribution >= 4 is 11.0 Å². The molecule has 0 aliphatic rings. The van der Waals surface area contributed by atoms with Crippen LogP contribution in [0.2, 0.25) is 0 Å². The van der Waals surface area contributed by atoms with Gasteiger partial charge in [0.25, 0.3) is 0 Å². The van der Waals surface area contributed by atoms with Crippen LogP contribution >= 0.6 is 0 Å². The molecule has 0 bridgehead atoms. The van der Waals surface area contributed by atoms with Gasteiger partial charge >= 0.3 is 5.63 Å². The predicted molar refractivity (Wildman–Crippen MR) is 92.2 cm³/mol. The predicted octanol–water partition coefficient (Wildman–Crippen LogP) is 4.61.